The molecule has 0 radical (unpaired) electrons. The molecule has 1 heterocycles. The van der Waals surface area contributed by atoms with Crippen LogP contribution in [0.5, 0.6) is 5.75 Å². The van der Waals surface area contributed by atoms with E-state index in [1.54, 1.807) is 6.07 Å². The van der Waals surface area contributed by atoms with Crippen LogP contribution in [-0.4, -0.2) is 30.1 Å². The molecular formula is C13H19NO. The van der Waals surface area contributed by atoms with Gasteiger partial charge in [-0.15, -0.1) is 0 Å². The quantitative estimate of drug-likeness (QED) is 0.761. The molecule has 2 nitrogen and oxygen atoms in total. The normalized spacial score (nSPS) is 27.9. The molecule has 1 fully saturated rings. The Labute approximate surface area is 91.5 Å². The molecule has 1 aliphatic heterocycles. The summed E-state index contributed by atoms with van der Waals surface area (Å²) < 4.78 is 0. The Balaban J connectivity index is 2.17. The molecule has 1 unspecified atom stereocenters. The third-order valence-electron chi connectivity index (χ3n) is 3.41. The summed E-state index contributed by atoms with van der Waals surface area (Å²) in [7, 11) is 2.18. The zero-order valence-corrected chi connectivity index (χ0v) is 9.48. The number of aromatic hydroxyl groups is 1. The number of hydrogen-bond donors (Lipinski definition) is 1. The summed E-state index contributed by atoms with van der Waals surface area (Å²) in [6.45, 7) is 4.61. The van der Waals surface area contributed by atoms with Gasteiger partial charge in [0.25, 0.3) is 0 Å². The summed E-state index contributed by atoms with van der Waals surface area (Å²) in [6.07, 6.45) is 1.20. The summed E-state index contributed by atoms with van der Waals surface area (Å²) in [5.74, 6) is 1.66. The van der Waals surface area contributed by atoms with E-state index in [2.05, 4.69) is 24.9 Å². The van der Waals surface area contributed by atoms with Gasteiger partial charge in [-0.2, -0.15) is 0 Å². The Bertz CT molecular complexity index is 337. The minimum atomic E-state index is 0.388. The third-order valence-corrected chi connectivity index (χ3v) is 3.41. The Morgan fingerprint density at radius 1 is 1.40 bits per heavy atom. The van der Waals surface area contributed by atoms with Gasteiger partial charge in [-0.3, -0.25) is 0 Å². The lowest BCUT2D eigenvalue weighted by Crippen LogP contribution is -2.35. The predicted octanol–water partition coefficient (Wildman–Crippen LogP) is 2.45. The minimum absolute atomic E-state index is 0.388. The molecule has 1 N–H and O–H groups in total. The SMILES string of the molecule is C[C@@H]1CN(C)CCC1c1cccc(O)c1. The maximum atomic E-state index is 9.47. The van der Waals surface area contributed by atoms with E-state index in [9.17, 15) is 5.11 Å². The summed E-state index contributed by atoms with van der Waals surface area (Å²) in [5.41, 5.74) is 1.29. The third kappa shape index (κ3) is 2.32. The number of benzene rings is 1. The van der Waals surface area contributed by atoms with Gasteiger partial charge in [0.15, 0.2) is 0 Å². The highest BCUT2D eigenvalue weighted by molar-refractivity contribution is 5.30. The smallest absolute Gasteiger partial charge is 0.115 e. The van der Waals surface area contributed by atoms with Gasteiger partial charge < -0.3 is 10.0 Å². The number of nitrogens with zero attached hydrogens (tertiary/aromatic N) is 1. The highest BCUT2D eigenvalue weighted by Crippen LogP contribution is 2.33. The van der Waals surface area contributed by atoms with E-state index < -0.39 is 0 Å². The van der Waals surface area contributed by atoms with E-state index in [0.29, 0.717) is 17.6 Å². The van der Waals surface area contributed by atoms with Crippen molar-refractivity contribution in [2.45, 2.75) is 19.3 Å². The van der Waals surface area contributed by atoms with Crippen molar-refractivity contribution in [1.82, 2.24) is 4.90 Å². The lowest BCUT2D eigenvalue weighted by atomic mass is 9.82. The maximum absolute atomic E-state index is 9.47. The minimum Gasteiger partial charge on any atom is -0.508 e. The second-order valence-corrected chi connectivity index (χ2v) is 4.73. The van der Waals surface area contributed by atoms with Crippen molar-refractivity contribution in [3.8, 4) is 5.75 Å². The van der Waals surface area contributed by atoms with Crippen molar-refractivity contribution >= 4 is 0 Å². The van der Waals surface area contributed by atoms with Crippen molar-refractivity contribution < 1.29 is 5.11 Å². The van der Waals surface area contributed by atoms with Gasteiger partial charge in [-0.1, -0.05) is 19.1 Å². The van der Waals surface area contributed by atoms with Gasteiger partial charge in [0.05, 0.1) is 0 Å². The van der Waals surface area contributed by atoms with Gasteiger partial charge in [0, 0.05) is 6.54 Å². The fourth-order valence-corrected chi connectivity index (χ4v) is 2.60. The molecule has 2 rings (SSSR count). The van der Waals surface area contributed by atoms with Crippen LogP contribution in [0.3, 0.4) is 0 Å². The highest BCUT2D eigenvalue weighted by atomic mass is 16.3. The summed E-state index contributed by atoms with van der Waals surface area (Å²) in [4.78, 5) is 2.38. The lowest BCUT2D eigenvalue weighted by molar-refractivity contribution is 0.195. The molecule has 1 aromatic carbocycles. The van der Waals surface area contributed by atoms with Crippen molar-refractivity contribution in [2.75, 3.05) is 20.1 Å². The van der Waals surface area contributed by atoms with Gasteiger partial charge in [0.1, 0.15) is 5.75 Å². The largest absolute Gasteiger partial charge is 0.508 e. The number of likely N-dealkylation sites (tertiary alicyclic amines) is 1. The molecule has 2 heteroatoms. The first-order valence-electron chi connectivity index (χ1n) is 5.64. The Kier molecular flexibility index (Phi) is 2.96. The van der Waals surface area contributed by atoms with Crippen molar-refractivity contribution in [1.29, 1.82) is 0 Å². The molecule has 0 amide bonds. The van der Waals surface area contributed by atoms with Crippen LogP contribution in [0.4, 0.5) is 0 Å². The second-order valence-electron chi connectivity index (χ2n) is 4.73. The zero-order chi connectivity index (χ0) is 10.8. The van der Waals surface area contributed by atoms with E-state index >= 15 is 0 Å². The summed E-state index contributed by atoms with van der Waals surface area (Å²) >= 11 is 0. The molecule has 0 saturated carbocycles. The van der Waals surface area contributed by atoms with E-state index in [4.69, 9.17) is 0 Å². The van der Waals surface area contributed by atoms with E-state index in [1.807, 2.05) is 12.1 Å². The van der Waals surface area contributed by atoms with Crippen LogP contribution in [0.15, 0.2) is 24.3 Å². The van der Waals surface area contributed by atoms with Gasteiger partial charge in [0.2, 0.25) is 0 Å². The van der Waals surface area contributed by atoms with E-state index in [0.717, 1.165) is 13.1 Å². The molecule has 0 bridgehead atoms. The molecule has 0 aliphatic carbocycles. The molecule has 1 aromatic rings. The molecule has 82 valence electrons. The fourth-order valence-electron chi connectivity index (χ4n) is 2.60. The van der Waals surface area contributed by atoms with Crippen LogP contribution in [0.25, 0.3) is 0 Å². The van der Waals surface area contributed by atoms with Crippen molar-refractivity contribution in [3.05, 3.63) is 29.8 Å². The molecule has 1 saturated heterocycles. The van der Waals surface area contributed by atoms with Crippen molar-refractivity contribution in [2.24, 2.45) is 5.92 Å². The average molecular weight is 205 g/mol. The van der Waals surface area contributed by atoms with Crippen LogP contribution in [0.2, 0.25) is 0 Å². The highest BCUT2D eigenvalue weighted by Gasteiger charge is 2.25. The number of phenols is 1. The van der Waals surface area contributed by atoms with Gasteiger partial charge in [-0.05, 0) is 49.5 Å². The number of rotatable bonds is 1. The monoisotopic (exact) mass is 205 g/mol. The standard InChI is InChI=1S/C13H19NO/c1-10-9-14(2)7-6-13(10)11-4-3-5-12(15)8-11/h3-5,8,10,13,15H,6-7,9H2,1-2H3/t10-,13?/m1/s1. The van der Waals surface area contributed by atoms with Crippen LogP contribution >= 0.6 is 0 Å². The molecular weight excluding hydrogens is 186 g/mol. The second kappa shape index (κ2) is 4.23. The van der Waals surface area contributed by atoms with Crippen LogP contribution < -0.4 is 0 Å². The first kappa shape index (κ1) is 10.5. The average Bonchev–Trinajstić information content (AvgIpc) is 2.17. The van der Waals surface area contributed by atoms with E-state index in [1.165, 1.54) is 12.0 Å². The molecule has 0 spiro atoms. The molecule has 0 aromatic heterocycles. The number of piperidine rings is 1. The Hall–Kier alpha value is -1.02. The van der Waals surface area contributed by atoms with Gasteiger partial charge in [-0.25, -0.2) is 0 Å². The maximum Gasteiger partial charge on any atom is 0.115 e. The molecule has 15 heavy (non-hydrogen) atoms. The first-order chi connectivity index (χ1) is 7.16. The first-order valence-corrected chi connectivity index (χ1v) is 5.64. The molecule has 1 aliphatic rings. The summed E-state index contributed by atoms with van der Waals surface area (Å²) in [6, 6.07) is 7.72. The Morgan fingerprint density at radius 3 is 2.87 bits per heavy atom. The number of hydrogen-bond acceptors (Lipinski definition) is 2. The lowest BCUT2D eigenvalue weighted by Gasteiger charge is -2.35. The fraction of sp³-hybridized carbons (Fsp3) is 0.538. The van der Waals surface area contributed by atoms with Crippen LogP contribution in [-0.2, 0) is 0 Å². The number of phenolic OH excluding ortho intramolecular Hbond substituents is 1. The predicted molar refractivity (Wildman–Crippen MR) is 62.1 cm³/mol. The molecule has 2 atom stereocenters. The van der Waals surface area contributed by atoms with E-state index in [-0.39, 0.29) is 0 Å². The summed E-state index contributed by atoms with van der Waals surface area (Å²) in [5, 5.41) is 9.47. The van der Waals surface area contributed by atoms with Crippen LogP contribution in [0, 0.1) is 5.92 Å². The van der Waals surface area contributed by atoms with Crippen LogP contribution in [0.1, 0.15) is 24.8 Å². The zero-order valence-electron chi connectivity index (χ0n) is 9.48. The van der Waals surface area contributed by atoms with Gasteiger partial charge >= 0.3 is 0 Å². The Morgan fingerprint density at radius 2 is 2.20 bits per heavy atom. The topological polar surface area (TPSA) is 23.5 Å². The van der Waals surface area contributed by atoms with Crippen molar-refractivity contribution in [3.63, 3.8) is 0 Å².